The molecule has 0 aromatic heterocycles. The molecule has 0 radical (unpaired) electrons. The Morgan fingerprint density at radius 2 is 2.06 bits per heavy atom. The van der Waals surface area contributed by atoms with E-state index in [2.05, 4.69) is 26.1 Å². The van der Waals surface area contributed by atoms with E-state index in [0.29, 0.717) is 12.5 Å². The van der Waals surface area contributed by atoms with Gasteiger partial charge in [-0.1, -0.05) is 20.8 Å². The van der Waals surface area contributed by atoms with Gasteiger partial charge in [0.2, 0.25) is 5.91 Å². The number of amides is 1. The van der Waals surface area contributed by atoms with Gasteiger partial charge in [-0.15, -0.1) is 0 Å². The van der Waals surface area contributed by atoms with E-state index in [0.717, 1.165) is 25.9 Å². The average molecular weight is 254 g/mol. The second-order valence-electron chi connectivity index (χ2n) is 6.47. The minimum Gasteiger partial charge on any atom is -0.379 e. The van der Waals surface area contributed by atoms with Crippen LogP contribution in [-0.4, -0.2) is 31.2 Å². The number of carbonyl (C=O) groups excluding carboxylic acids is 1. The van der Waals surface area contributed by atoms with Crippen molar-refractivity contribution >= 4 is 5.91 Å². The third kappa shape index (κ3) is 2.54. The fraction of sp³-hybridized carbons (Fsp3) is 0.929. The zero-order valence-corrected chi connectivity index (χ0v) is 11.7. The minimum atomic E-state index is -0.0266. The first-order valence-corrected chi connectivity index (χ1v) is 7.06. The molecule has 4 atom stereocenters. The summed E-state index contributed by atoms with van der Waals surface area (Å²) in [6.45, 7) is 7.94. The first-order valence-electron chi connectivity index (χ1n) is 7.06. The maximum absolute atomic E-state index is 12.4. The Bertz CT molecular complexity index is 311. The summed E-state index contributed by atoms with van der Waals surface area (Å²) in [5.74, 6) is 0.643. The summed E-state index contributed by atoms with van der Waals surface area (Å²) in [5, 5.41) is 3.13. The molecule has 1 aliphatic carbocycles. The SMILES string of the molecule is CC1C(N)CCC(C(=O)NC2CCOC2)C1(C)C. The van der Waals surface area contributed by atoms with E-state index in [-0.39, 0.29) is 29.3 Å². The van der Waals surface area contributed by atoms with Crippen LogP contribution in [-0.2, 0) is 9.53 Å². The van der Waals surface area contributed by atoms with E-state index in [1.807, 2.05) is 0 Å². The van der Waals surface area contributed by atoms with Crippen molar-refractivity contribution in [2.45, 2.75) is 52.1 Å². The Hall–Kier alpha value is -0.610. The highest BCUT2D eigenvalue weighted by Crippen LogP contribution is 2.44. The Morgan fingerprint density at radius 3 is 2.67 bits per heavy atom. The van der Waals surface area contributed by atoms with Gasteiger partial charge in [0, 0.05) is 18.6 Å². The fourth-order valence-corrected chi connectivity index (χ4v) is 3.27. The van der Waals surface area contributed by atoms with Gasteiger partial charge in [-0.2, -0.15) is 0 Å². The molecule has 2 fully saturated rings. The maximum Gasteiger partial charge on any atom is 0.223 e. The van der Waals surface area contributed by atoms with E-state index in [1.165, 1.54) is 0 Å². The normalized spacial score (nSPS) is 39.6. The highest BCUT2D eigenvalue weighted by atomic mass is 16.5. The number of nitrogens with two attached hydrogens (primary N) is 1. The van der Waals surface area contributed by atoms with E-state index in [9.17, 15) is 4.79 Å². The molecule has 0 bridgehead atoms. The zero-order chi connectivity index (χ0) is 13.3. The van der Waals surface area contributed by atoms with Crippen LogP contribution in [0.15, 0.2) is 0 Å². The molecule has 1 aliphatic heterocycles. The lowest BCUT2D eigenvalue weighted by Gasteiger charge is -2.46. The lowest BCUT2D eigenvalue weighted by Crippen LogP contribution is -2.53. The molecular weight excluding hydrogens is 228 g/mol. The molecule has 0 aromatic rings. The lowest BCUT2D eigenvalue weighted by molar-refractivity contribution is -0.133. The third-order valence-corrected chi connectivity index (χ3v) is 5.10. The largest absolute Gasteiger partial charge is 0.379 e. The molecule has 1 saturated carbocycles. The first-order chi connectivity index (χ1) is 8.43. The molecule has 0 aromatic carbocycles. The highest BCUT2D eigenvalue weighted by Gasteiger charge is 2.45. The van der Waals surface area contributed by atoms with Crippen molar-refractivity contribution < 1.29 is 9.53 Å². The lowest BCUT2D eigenvalue weighted by atomic mass is 9.61. The van der Waals surface area contributed by atoms with E-state index in [4.69, 9.17) is 10.5 Å². The van der Waals surface area contributed by atoms with Crippen LogP contribution in [0.1, 0.15) is 40.0 Å². The summed E-state index contributed by atoms with van der Waals surface area (Å²) in [4.78, 5) is 12.4. The molecule has 1 saturated heterocycles. The Labute approximate surface area is 110 Å². The fourth-order valence-electron chi connectivity index (χ4n) is 3.27. The maximum atomic E-state index is 12.4. The van der Waals surface area contributed by atoms with Gasteiger partial charge in [0.15, 0.2) is 0 Å². The van der Waals surface area contributed by atoms with Crippen molar-refractivity contribution in [3.05, 3.63) is 0 Å². The van der Waals surface area contributed by atoms with Crippen LogP contribution in [0.25, 0.3) is 0 Å². The average Bonchev–Trinajstić information content (AvgIpc) is 2.78. The molecule has 4 unspecified atom stereocenters. The number of nitrogens with one attached hydrogen (secondary N) is 1. The number of rotatable bonds is 2. The predicted octanol–water partition coefficient (Wildman–Crippen LogP) is 1.29. The Morgan fingerprint density at radius 1 is 1.33 bits per heavy atom. The Balaban J connectivity index is 2.00. The molecule has 104 valence electrons. The molecule has 18 heavy (non-hydrogen) atoms. The van der Waals surface area contributed by atoms with Crippen molar-refractivity contribution in [3.8, 4) is 0 Å². The van der Waals surface area contributed by atoms with Crippen molar-refractivity contribution in [3.63, 3.8) is 0 Å². The van der Waals surface area contributed by atoms with Gasteiger partial charge in [-0.3, -0.25) is 4.79 Å². The zero-order valence-electron chi connectivity index (χ0n) is 11.7. The number of carbonyl (C=O) groups is 1. The van der Waals surface area contributed by atoms with Crippen LogP contribution in [0.2, 0.25) is 0 Å². The number of ether oxygens (including phenoxy) is 1. The van der Waals surface area contributed by atoms with Crippen LogP contribution >= 0.6 is 0 Å². The van der Waals surface area contributed by atoms with Crippen molar-refractivity contribution in [1.82, 2.24) is 5.32 Å². The minimum absolute atomic E-state index is 0.0266. The summed E-state index contributed by atoms with van der Waals surface area (Å²) in [6, 6.07) is 0.429. The van der Waals surface area contributed by atoms with E-state index >= 15 is 0 Å². The van der Waals surface area contributed by atoms with Gasteiger partial charge in [0.1, 0.15) is 0 Å². The summed E-state index contributed by atoms with van der Waals surface area (Å²) < 4.78 is 5.30. The van der Waals surface area contributed by atoms with Gasteiger partial charge < -0.3 is 15.8 Å². The van der Waals surface area contributed by atoms with Crippen LogP contribution < -0.4 is 11.1 Å². The van der Waals surface area contributed by atoms with Gasteiger partial charge in [-0.25, -0.2) is 0 Å². The van der Waals surface area contributed by atoms with E-state index in [1.54, 1.807) is 0 Å². The van der Waals surface area contributed by atoms with Crippen molar-refractivity contribution in [2.24, 2.45) is 23.0 Å². The molecule has 0 spiro atoms. The molecule has 4 nitrogen and oxygen atoms in total. The highest BCUT2D eigenvalue weighted by molar-refractivity contribution is 5.80. The van der Waals surface area contributed by atoms with Crippen LogP contribution in [0.4, 0.5) is 0 Å². The summed E-state index contributed by atoms with van der Waals surface area (Å²) in [6.07, 6.45) is 2.79. The second kappa shape index (κ2) is 5.17. The van der Waals surface area contributed by atoms with Crippen molar-refractivity contribution in [1.29, 1.82) is 0 Å². The van der Waals surface area contributed by atoms with Crippen LogP contribution in [0.3, 0.4) is 0 Å². The number of hydrogen-bond donors (Lipinski definition) is 2. The van der Waals surface area contributed by atoms with E-state index < -0.39 is 0 Å². The van der Waals surface area contributed by atoms with Gasteiger partial charge in [-0.05, 0) is 30.6 Å². The first kappa shape index (κ1) is 13.8. The topological polar surface area (TPSA) is 64.4 Å². The summed E-state index contributed by atoms with van der Waals surface area (Å²) in [7, 11) is 0. The van der Waals surface area contributed by atoms with Gasteiger partial charge in [0.05, 0.1) is 12.6 Å². The monoisotopic (exact) mass is 254 g/mol. The molecule has 2 aliphatic rings. The summed E-state index contributed by atoms with van der Waals surface area (Å²) >= 11 is 0. The quantitative estimate of drug-likeness (QED) is 0.780. The smallest absolute Gasteiger partial charge is 0.223 e. The predicted molar refractivity (Wildman–Crippen MR) is 71.0 cm³/mol. The van der Waals surface area contributed by atoms with Crippen LogP contribution in [0, 0.1) is 17.3 Å². The molecule has 4 heteroatoms. The third-order valence-electron chi connectivity index (χ3n) is 5.10. The number of hydrogen-bond acceptors (Lipinski definition) is 3. The van der Waals surface area contributed by atoms with Crippen molar-refractivity contribution in [2.75, 3.05) is 13.2 Å². The molecular formula is C14H26N2O2. The summed E-state index contributed by atoms with van der Waals surface area (Å²) in [5.41, 5.74) is 6.10. The van der Waals surface area contributed by atoms with Gasteiger partial charge >= 0.3 is 0 Å². The van der Waals surface area contributed by atoms with Gasteiger partial charge in [0.25, 0.3) is 0 Å². The Kier molecular flexibility index (Phi) is 3.97. The molecule has 3 N–H and O–H groups in total. The standard InChI is InChI=1S/C14H26N2O2/c1-9-12(15)5-4-11(14(9,2)3)13(17)16-10-6-7-18-8-10/h9-12H,4-8,15H2,1-3H3,(H,16,17). The molecule has 1 heterocycles. The van der Waals surface area contributed by atoms with Crippen LogP contribution in [0.5, 0.6) is 0 Å². The second-order valence-corrected chi connectivity index (χ2v) is 6.47. The molecule has 2 rings (SSSR count). The molecule has 1 amide bonds.